The number of nitrogens with one attached hydrogen (secondary N) is 1. The van der Waals surface area contributed by atoms with Gasteiger partial charge in [-0.25, -0.2) is 13.8 Å². The minimum atomic E-state index is -4.71. The van der Waals surface area contributed by atoms with Gasteiger partial charge in [0.15, 0.2) is 11.5 Å². The van der Waals surface area contributed by atoms with Gasteiger partial charge in [-0.1, -0.05) is 31.2 Å². The van der Waals surface area contributed by atoms with Gasteiger partial charge in [0.25, 0.3) is 15.9 Å². The van der Waals surface area contributed by atoms with E-state index in [4.69, 9.17) is 9.47 Å². The highest BCUT2D eigenvalue weighted by atomic mass is 32.2. The van der Waals surface area contributed by atoms with Crippen LogP contribution in [0, 0.1) is 0 Å². The van der Waals surface area contributed by atoms with Crippen molar-refractivity contribution in [2.24, 2.45) is 5.10 Å². The van der Waals surface area contributed by atoms with Gasteiger partial charge < -0.3 is 9.47 Å². The van der Waals surface area contributed by atoms with Crippen LogP contribution >= 0.6 is 0 Å². The Balaban J connectivity index is 1.83. The highest BCUT2D eigenvalue weighted by Crippen LogP contribution is 2.33. The predicted molar refractivity (Wildman–Crippen MR) is 142 cm³/mol. The second kappa shape index (κ2) is 13.1. The van der Waals surface area contributed by atoms with E-state index >= 15 is 0 Å². The van der Waals surface area contributed by atoms with Crippen LogP contribution < -0.4 is 19.2 Å². The molecule has 8 nitrogen and oxygen atoms in total. The summed E-state index contributed by atoms with van der Waals surface area (Å²) < 4.78 is 78.5. The summed E-state index contributed by atoms with van der Waals surface area (Å²) in [4.78, 5) is 12.5. The summed E-state index contributed by atoms with van der Waals surface area (Å²) in [6, 6.07) is 15.9. The fourth-order valence-electron chi connectivity index (χ4n) is 3.42. The first-order valence-corrected chi connectivity index (χ1v) is 13.5. The Bertz CT molecular complexity index is 1400. The van der Waals surface area contributed by atoms with Crippen molar-refractivity contribution in [1.29, 1.82) is 0 Å². The van der Waals surface area contributed by atoms with E-state index in [9.17, 15) is 26.4 Å². The molecule has 0 fully saturated rings. The summed E-state index contributed by atoms with van der Waals surface area (Å²) in [5, 5.41) is 3.87. The monoisotopic (exact) mass is 563 g/mol. The fraction of sp³-hybridized carbons (Fsp3) is 0.259. The van der Waals surface area contributed by atoms with Crippen molar-refractivity contribution in [2.45, 2.75) is 31.3 Å². The van der Waals surface area contributed by atoms with E-state index in [0.29, 0.717) is 40.6 Å². The SMILES string of the molecule is CCCOc1ccc(/C=N\NC(=O)CN(c2cccc(C(F)(F)F)c2)S(=O)(=O)c2ccccc2)cc1OCC. The van der Waals surface area contributed by atoms with Crippen molar-refractivity contribution >= 4 is 27.8 Å². The number of rotatable bonds is 12. The Kier molecular flexibility index (Phi) is 9.94. The predicted octanol–water partition coefficient (Wildman–Crippen LogP) is 5.24. The van der Waals surface area contributed by atoms with E-state index < -0.39 is 34.2 Å². The molecule has 0 aliphatic carbocycles. The number of carbonyl (C=O) groups excluding carboxylic acids is 1. The van der Waals surface area contributed by atoms with Crippen molar-refractivity contribution in [1.82, 2.24) is 5.43 Å². The van der Waals surface area contributed by atoms with Crippen molar-refractivity contribution < 1.29 is 35.9 Å². The average Bonchev–Trinajstić information content (AvgIpc) is 2.91. The van der Waals surface area contributed by atoms with Gasteiger partial charge >= 0.3 is 6.18 Å². The Morgan fingerprint density at radius 3 is 2.38 bits per heavy atom. The molecule has 0 aliphatic rings. The number of ether oxygens (including phenoxy) is 2. The summed E-state index contributed by atoms with van der Waals surface area (Å²) in [6.45, 7) is 3.90. The number of halogens is 3. The third-order valence-corrected chi connectivity index (χ3v) is 7.00. The molecule has 0 spiro atoms. The largest absolute Gasteiger partial charge is 0.490 e. The van der Waals surface area contributed by atoms with Crippen molar-refractivity contribution in [3.63, 3.8) is 0 Å². The van der Waals surface area contributed by atoms with Crippen LogP contribution in [0.15, 0.2) is 82.8 Å². The molecule has 0 aromatic heterocycles. The molecule has 0 unspecified atom stereocenters. The summed E-state index contributed by atoms with van der Waals surface area (Å²) >= 11 is 0. The van der Waals surface area contributed by atoms with E-state index in [1.54, 1.807) is 24.3 Å². The zero-order chi connectivity index (χ0) is 28.5. The van der Waals surface area contributed by atoms with Gasteiger partial charge in [-0.05, 0) is 67.4 Å². The smallest absolute Gasteiger partial charge is 0.416 e. The van der Waals surface area contributed by atoms with Gasteiger partial charge in [0.05, 0.1) is 35.6 Å². The number of hydrogen-bond acceptors (Lipinski definition) is 6. The van der Waals surface area contributed by atoms with E-state index in [1.165, 1.54) is 36.5 Å². The third kappa shape index (κ3) is 7.96. The van der Waals surface area contributed by atoms with Gasteiger partial charge in [-0.2, -0.15) is 18.3 Å². The van der Waals surface area contributed by atoms with E-state index in [2.05, 4.69) is 10.5 Å². The maximum Gasteiger partial charge on any atom is 0.416 e. The summed E-state index contributed by atoms with van der Waals surface area (Å²) in [5.74, 6) is 0.185. The molecule has 0 bridgehead atoms. The first kappa shape index (κ1) is 29.5. The molecule has 0 saturated heterocycles. The molecule has 0 radical (unpaired) electrons. The lowest BCUT2D eigenvalue weighted by Crippen LogP contribution is -2.39. The number of hydrazone groups is 1. The lowest BCUT2D eigenvalue weighted by atomic mass is 10.2. The molecule has 1 amide bonds. The zero-order valence-corrected chi connectivity index (χ0v) is 22.1. The molecule has 12 heteroatoms. The number of amides is 1. The van der Waals surface area contributed by atoms with Crippen LogP contribution in [0.2, 0.25) is 0 Å². The number of sulfonamides is 1. The van der Waals surface area contributed by atoms with Gasteiger partial charge in [-0.3, -0.25) is 9.10 Å². The first-order valence-electron chi connectivity index (χ1n) is 12.0. The number of benzene rings is 3. The molecule has 0 atom stereocenters. The van der Waals surface area contributed by atoms with Gasteiger partial charge in [0, 0.05) is 0 Å². The molecule has 39 heavy (non-hydrogen) atoms. The quantitative estimate of drug-likeness (QED) is 0.240. The van der Waals surface area contributed by atoms with Crippen molar-refractivity contribution in [2.75, 3.05) is 24.1 Å². The third-order valence-electron chi connectivity index (χ3n) is 5.21. The van der Waals surface area contributed by atoms with Gasteiger partial charge in [0.2, 0.25) is 0 Å². The Hall–Kier alpha value is -4.06. The average molecular weight is 564 g/mol. The van der Waals surface area contributed by atoms with Crippen molar-refractivity contribution in [3.05, 3.63) is 83.9 Å². The number of alkyl halides is 3. The van der Waals surface area contributed by atoms with Crippen LogP contribution in [-0.2, 0) is 21.0 Å². The zero-order valence-electron chi connectivity index (χ0n) is 21.3. The van der Waals surface area contributed by atoms with E-state index in [1.807, 2.05) is 13.8 Å². The molecule has 0 heterocycles. The van der Waals surface area contributed by atoms with Crippen LogP contribution in [0.1, 0.15) is 31.4 Å². The number of nitrogens with zero attached hydrogens (tertiary/aromatic N) is 2. The normalized spacial score (nSPS) is 11.8. The molecular formula is C27H28F3N3O5S. The summed E-state index contributed by atoms with van der Waals surface area (Å²) in [7, 11) is -4.39. The molecule has 1 N–H and O–H groups in total. The molecule has 208 valence electrons. The summed E-state index contributed by atoms with van der Waals surface area (Å²) in [5.41, 5.74) is 1.42. The highest BCUT2D eigenvalue weighted by molar-refractivity contribution is 7.92. The lowest BCUT2D eigenvalue weighted by molar-refractivity contribution is -0.137. The first-order chi connectivity index (χ1) is 18.6. The molecule has 0 saturated carbocycles. The minimum absolute atomic E-state index is 0.187. The van der Waals surface area contributed by atoms with Crippen LogP contribution in [0.3, 0.4) is 0 Å². The molecule has 3 rings (SSSR count). The van der Waals surface area contributed by atoms with Crippen LogP contribution in [0.5, 0.6) is 11.5 Å². The lowest BCUT2D eigenvalue weighted by Gasteiger charge is -2.24. The molecule has 0 aliphatic heterocycles. The van der Waals surface area contributed by atoms with E-state index in [-0.39, 0.29) is 10.6 Å². The second-order valence-corrected chi connectivity index (χ2v) is 10.0. The van der Waals surface area contributed by atoms with Gasteiger partial charge in [0.1, 0.15) is 6.54 Å². The Labute approximate surface area is 225 Å². The van der Waals surface area contributed by atoms with Crippen molar-refractivity contribution in [3.8, 4) is 11.5 Å². The molecule has 3 aromatic carbocycles. The maximum absolute atomic E-state index is 13.3. The van der Waals surface area contributed by atoms with Crippen LogP contribution in [-0.4, -0.2) is 40.3 Å². The molecular weight excluding hydrogens is 535 g/mol. The standard InChI is InChI=1S/C27H28F3N3O5S/c1-3-15-38-24-14-13-20(16-25(24)37-4-2)18-31-32-26(34)19-33(39(35,36)23-11-6-5-7-12-23)22-10-8-9-21(17-22)27(28,29)30/h5-14,16-18H,3-4,15,19H2,1-2H3,(H,32,34)/b31-18-. The highest BCUT2D eigenvalue weighted by Gasteiger charge is 2.33. The minimum Gasteiger partial charge on any atom is -0.490 e. The maximum atomic E-state index is 13.3. The van der Waals surface area contributed by atoms with E-state index in [0.717, 1.165) is 18.6 Å². The summed E-state index contributed by atoms with van der Waals surface area (Å²) in [6.07, 6.45) is -2.56. The number of carbonyl (C=O) groups is 1. The van der Waals surface area contributed by atoms with Gasteiger partial charge in [-0.15, -0.1) is 0 Å². The fourth-order valence-corrected chi connectivity index (χ4v) is 4.86. The number of hydrogen-bond donors (Lipinski definition) is 1. The number of anilines is 1. The molecule has 3 aromatic rings. The second-order valence-electron chi connectivity index (χ2n) is 8.15. The van der Waals surface area contributed by atoms with Crippen LogP contribution in [0.4, 0.5) is 18.9 Å². The Morgan fingerprint density at radius 1 is 0.974 bits per heavy atom. The Morgan fingerprint density at radius 2 is 1.72 bits per heavy atom. The topological polar surface area (TPSA) is 97.3 Å². The van der Waals surface area contributed by atoms with Crippen LogP contribution in [0.25, 0.3) is 0 Å².